The molecule has 6 nitrogen and oxygen atoms in total. The van der Waals surface area contributed by atoms with Crippen molar-refractivity contribution in [3.63, 3.8) is 0 Å². The summed E-state index contributed by atoms with van der Waals surface area (Å²) in [7, 11) is -3.78. The quantitative estimate of drug-likeness (QED) is 0.417. The van der Waals surface area contributed by atoms with Crippen LogP contribution in [0.3, 0.4) is 0 Å². The number of aromatic carboxylic acids is 1. The highest BCUT2D eigenvalue weighted by molar-refractivity contribution is 7.92. The molecular formula is C27H26N2O4S. The van der Waals surface area contributed by atoms with Crippen LogP contribution in [0.5, 0.6) is 0 Å². The first kappa shape index (κ1) is 22.2. The van der Waals surface area contributed by atoms with Gasteiger partial charge < -0.3 is 10.4 Å². The Morgan fingerprint density at radius 3 is 2.62 bits per heavy atom. The lowest BCUT2D eigenvalue weighted by molar-refractivity contribution is 0.0694. The van der Waals surface area contributed by atoms with E-state index in [1.165, 1.54) is 0 Å². The van der Waals surface area contributed by atoms with Gasteiger partial charge in [0.2, 0.25) is 0 Å². The standard InChI is InChI=1S/C27H26N2O4S/c1-16-10-11-17(2)25(14-16)29-34(32,33)18-12-13-24-23(15-18)19-8-5-9-20(19)26(28-24)21-6-3-4-7-22(21)27(30)31/h3-8,10-15,19-20,26,28-29H,9H2,1-2H3,(H,30,31)/t19-,20+,26-/m0/s1. The van der Waals surface area contributed by atoms with E-state index in [0.717, 1.165) is 34.4 Å². The molecule has 0 saturated carbocycles. The molecule has 0 bridgehead atoms. The number of hydrogen-bond donors (Lipinski definition) is 3. The maximum atomic E-state index is 13.2. The van der Waals surface area contributed by atoms with E-state index in [1.54, 1.807) is 30.3 Å². The Hall–Kier alpha value is -3.58. The summed E-state index contributed by atoms with van der Waals surface area (Å²) in [6, 6.07) is 17.7. The summed E-state index contributed by atoms with van der Waals surface area (Å²) in [4.78, 5) is 12.0. The molecule has 0 spiro atoms. The number of fused-ring (bicyclic) bond motifs is 3. The number of allylic oxidation sites excluding steroid dienone is 2. The van der Waals surface area contributed by atoms with Gasteiger partial charge in [0.1, 0.15) is 0 Å². The van der Waals surface area contributed by atoms with E-state index < -0.39 is 16.0 Å². The van der Waals surface area contributed by atoms with Crippen molar-refractivity contribution in [3.05, 3.63) is 101 Å². The van der Waals surface area contributed by atoms with Crippen molar-refractivity contribution in [1.82, 2.24) is 0 Å². The Labute approximate surface area is 199 Å². The molecule has 5 rings (SSSR count). The van der Waals surface area contributed by atoms with E-state index in [-0.39, 0.29) is 28.3 Å². The van der Waals surface area contributed by atoms with Gasteiger partial charge >= 0.3 is 5.97 Å². The maximum Gasteiger partial charge on any atom is 0.336 e. The summed E-state index contributed by atoms with van der Waals surface area (Å²) in [5.74, 6) is -0.860. The van der Waals surface area contributed by atoms with Crippen molar-refractivity contribution in [1.29, 1.82) is 0 Å². The normalized spacial score (nSPS) is 20.8. The molecule has 1 heterocycles. The smallest absolute Gasteiger partial charge is 0.336 e. The van der Waals surface area contributed by atoms with Gasteiger partial charge in [0.15, 0.2) is 0 Å². The zero-order chi connectivity index (χ0) is 24.0. The molecule has 1 aliphatic heterocycles. The fourth-order valence-electron chi connectivity index (χ4n) is 5.06. The first-order chi connectivity index (χ1) is 16.2. The van der Waals surface area contributed by atoms with Crippen LogP contribution in [0.25, 0.3) is 0 Å². The molecule has 0 unspecified atom stereocenters. The number of carboxylic acid groups (broad SMARTS) is 1. The van der Waals surface area contributed by atoms with Gasteiger partial charge in [-0.2, -0.15) is 0 Å². The fourth-order valence-corrected chi connectivity index (χ4v) is 6.22. The molecule has 3 atom stereocenters. The van der Waals surface area contributed by atoms with Crippen LogP contribution < -0.4 is 10.0 Å². The Morgan fingerprint density at radius 1 is 1.03 bits per heavy atom. The van der Waals surface area contributed by atoms with Crippen LogP contribution in [0.1, 0.15) is 51.0 Å². The number of carboxylic acids is 1. The Balaban J connectivity index is 1.52. The highest BCUT2D eigenvalue weighted by Crippen LogP contribution is 2.50. The van der Waals surface area contributed by atoms with Gasteiger partial charge in [0.25, 0.3) is 10.0 Å². The second kappa shape index (κ2) is 8.33. The molecule has 174 valence electrons. The summed E-state index contributed by atoms with van der Waals surface area (Å²) in [6.45, 7) is 3.80. The van der Waals surface area contributed by atoms with E-state index in [9.17, 15) is 18.3 Å². The minimum atomic E-state index is -3.78. The van der Waals surface area contributed by atoms with Crippen LogP contribution >= 0.6 is 0 Å². The third-order valence-electron chi connectivity index (χ3n) is 6.81. The van der Waals surface area contributed by atoms with E-state index in [2.05, 4.69) is 22.2 Å². The van der Waals surface area contributed by atoms with Gasteiger partial charge in [-0.05, 0) is 78.8 Å². The first-order valence-electron chi connectivity index (χ1n) is 11.2. The van der Waals surface area contributed by atoms with E-state index in [4.69, 9.17) is 0 Å². The third kappa shape index (κ3) is 3.86. The molecule has 2 aliphatic rings. The lowest BCUT2D eigenvalue weighted by Gasteiger charge is -2.38. The largest absolute Gasteiger partial charge is 0.478 e. The topological polar surface area (TPSA) is 95.5 Å². The van der Waals surface area contributed by atoms with Crippen molar-refractivity contribution < 1.29 is 18.3 Å². The summed E-state index contributed by atoms with van der Waals surface area (Å²) >= 11 is 0. The van der Waals surface area contributed by atoms with Gasteiger partial charge in [-0.1, -0.05) is 42.5 Å². The van der Waals surface area contributed by atoms with Gasteiger partial charge in [-0.25, -0.2) is 13.2 Å². The maximum absolute atomic E-state index is 13.2. The Morgan fingerprint density at radius 2 is 1.82 bits per heavy atom. The van der Waals surface area contributed by atoms with Gasteiger partial charge in [0.05, 0.1) is 22.2 Å². The number of nitrogens with one attached hydrogen (secondary N) is 2. The Bertz CT molecular complexity index is 1430. The van der Waals surface area contributed by atoms with Crippen molar-refractivity contribution in [2.75, 3.05) is 10.0 Å². The van der Waals surface area contributed by atoms with Crippen molar-refractivity contribution in [3.8, 4) is 0 Å². The summed E-state index contributed by atoms with van der Waals surface area (Å²) in [6.07, 6.45) is 4.99. The average Bonchev–Trinajstić information content (AvgIpc) is 3.31. The highest BCUT2D eigenvalue weighted by Gasteiger charge is 2.39. The monoisotopic (exact) mass is 474 g/mol. The molecule has 0 fully saturated rings. The van der Waals surface area contributed by atoms with Crippen molar-refractivity contribution in [2.45, 2.75) is 37.1 Å². The van der Waals surface area contributed by atoms with Gasteiger partial charge in [0, 0.05) is 11.6 Å². The molecule has 3 aromatic rings. The number of hydrogen-bond acceptors (Lipinski definition) is 4. The minimum Gasteiger partial charge on any atom is -0.478 e. The van der Waals surface area contributed by atoms with E-state index in [1.807, 2.05) is 44.2 Å². The predicted octanol–water partition coefficient (Wildman–Crippen LogP) is 5.63. The molecule has 0 radical (unpaired) electrons. The van der Waals surface area contributed by atoms with Crippen LogP contribution in [0, 0.1) is 19.8 Å². The van der Waals surface area contributed by atoms with E-state index in [0.29, 0.717) is 5.69 Å². The summed E-state index contributed by atoms with van der Waals surface area (Å²) in [5, 5.41) is 13.2. The fraction of sp³-hybridized carbons (Fsp3) is 0.222. The van der Waals surface area contributed by atoms with Gasteiger partial charge in [-0.3, -0.25) is 4.72 Å². The number of sulfonamides is 1. The molecule has 0 saturated heterocycles. The van der Waals surface area contributed by atoms with Crippen LogP contribution in [-0.2, 0) is 10.0 Å². The number of anilines is 2. The SMILES string of the molecule is Cc1ccc(C)c(NS(=O)(=O)c2ccc3c(c2)[C@H]2C=CC[C@H]2[C@@H](c2ccccc2C(=O)O)N3)c1. The first-order valence-corrected chi connectivity index (χ1v) is 12.7. The van der Waals surface area contributed by atoms with Crippen LogP contribution in [-0.4, -0.2) is 19.5 Å². The molecule has 3 N–H and O–H groups in total. The molecule has 7 heteroatoms. The third-order valence-corrected chi connectivity index (χ3v) is 8.17. The molecular weight excluding hydrogens is 448 g/mol. The van der Waals surface area contributed by atoms with Crippen LogP contribution in [0.15, 0.2) is 77.7 Å². The second-order valence-electron chi connectivity index (χ2n) is 9.04. The second-order valence-corrected chi connectivity index (χ2v) is 10.7. The number of rotatable bonds is 5. The molecule has 3 aromatic carbocycles. The van der Waals surface area contributed by atoms with Gasteiger partial charge in [-0.15, -0.1) is 0 Å². The lowest BCUT2D eigenvalue weighted by atomic mass is 9.76. The zero-order valence-electron chi connectivity index (χ0n) is 18.9. The molecule has 0 amide bonds. The number of carbonyl (C=O) groups is 1. The summed E-state index contributed by atoms with van der Waals surface area (Å²) < 4.78 is 29.2. The van der Waals surface area contributed by atoms with Crippen LogP contribution in [0.4, 0.5) is 11.4 Å². The Kier molecular flexibility index (Phi) is 5.44. The minimum absolute atomic E-state index is 0.000966. The lowest BCUT2D eigenvalue weighted by Crippen LogP contribution is -2.30. The van der Waals surface area contributed by atoms with Crippen LogP contribution in [0.2, 0.25) is 0 Å². The van der Waals surface area contributed by atoms with Crippen molar-refractivity contribution in [2.24, 2.45) is 5.92 Å². The number of benzene rings is 3. The van der Waals surface area contributed by atoms with Crippen molar-refractivity contribution >= 4 is 27.4 Å². The zero-order valence-corrected chi connectivity index (χ0v) is 19.8. The number of aryl methyl sites for hydroxylation is 2. The average molecular weight is 475 g/mol. The summed E-state index contributed by atoms with van der Waals surface area (Å²) in [5.41, 5.74) is 5.16. The molecule has 34 heavy (non-hydrogen) atoms. The highest BCUT2D eigenvalue weighted by atomic mass is 32.2. The predicted molar refractivity (Wildman–Crippen MR) is 133 cm³/mol. The molecule has 1 aliphatic carbocycles. The van der Waals surface area contributed by atoms with E-state index >= 15 is 0 Å². The molecule has 0 aromatic heterocycles.